The molecule has 0 atom stereocenters. The summed E-state index contributed by atoms with van der Waals surface area (Å²) in [6.07, 6.45) is 2.15. The van der Waals surface area contributed by atoms with Gasteiger partial charge in [0.2, 0.25) is 0 Å². The third-order valence-electron chi connectivity index (χ3n) is 2.30. The third-order valence-corrected chi connectivity index (χ3v) is 2.30. The predicted molar refractivity (Wildman–Crippen MR) is 73.0 cm³/mol. The second-order valence-electron chi connectivity index (χ2n) is 3.86. The van der Waals surface area contributed by atoms with E-state index in [1.165, 1.54) is 0 Å². The van der Waals surface area contributed by atoms with E-state index in [0.717, 1.165) is 5.82 Å². The maximum atomic E-state index is 8.50. The van der Waals surface area contributed by atoms with Crippen LogP contribution in [-0.4, -0.2) is 21.5 Å². The van der Waals surface area contributed by atoms with Gasteiger partial charge in [-0.2, -0.15) is 5.26 Å². The zero-order valence-electron chi connectivity index (χ0n) is 10.6. The average molecular weight is 254 g/mol. The molecule has 2 aromatic rings. The molecule has 0 saturated heterocycles. The SMILES string of the molecule is Cc1nc(NCCC#N)cc(Nc2ccccn2)n1. The van der Waals surface area contributed by atoms with Gasteiger partial charge >= 0.3 is 0 Å². The molecule has 0 aliphatic rings. The van der Waals surface area contributed by atoms with E-state index in [2.05, 4.69) is 31.7 Å². The van der Waals surface area contributed by atoms with Crippen LogP contribution in [0.5, 0.6) is 0 Å². The van der Waals surface area contributed by atoms with Crippen molar-refractivity contribution in [3.8, 4) is 6.07 Å². The van der Waals surface area contributed by atoms with Crippen LogP contribution in [0.2, 0.25) is 0 Å². The molecule has 0 fully saturated rings. The van der Waals surface area contributed by atoms with E-state index in [4.69, 9.17) is 5.26 Å². The van der Waals surface area contributed by atoms with Gasteiger partial charge < -0.3 is 10.6 Å². The molecule has 0 radical (unpaired) electrons. The highest BCUT2D eigenvalue weighted by Gasteiger charge is 2.02. The normalized spacial score (nSPS) is 9.68. The van der Waals surface area contributed by atoms with Gasteiger partial charge in [-0.3, -0.25) is 0 Å². The summed E-state index contributed by atoms with van der Waals surface area (Å²) >= 11 is 0. The Hall–Kier alpha value is -2.68. The highest BCUT2D eigenvalue weighted by Crippen LogP contribution is 2.15. The third kappa shape index (κ3) is 3.92. The Morgan fingerprint density at radius 3 is 2.79 bits per heavy atom. The fourth-order valence-corrected chi connectivity index (χ4v) is 1.54. The van der Waals surface area contributed by atoms with E-state index in [9.17, 15) is 0 Å². The molecule has 0 aromatic carbocycles. The van der Waals surface area contributed by atoms with Crippen LogP contribution in [0.3, 0.4) is 0 Å². The first-order valence-electron chi connectivity index (χ1n) is 5.92. The number of pyridine rings is 1. The number of anilines is 3. The van der Waals surface area contributed by atoms with Crippen LogP contribution in [-0.2, 0) is 0 Å². The number of aryl methyl sites for hydroxylation is 1. The molecule has 2 rings (SSSR count). The zero-order valence-corrected chi connectivity index (χ0v) is 10.6. The number of hydrogen-bond donors (Lipinski definition) is 2. The molecule has 0 aliphatic carbocycles. The van der Waals surface area contributed by atoms with Crippen LogP contribution in [0.1, 0.15) is 12.2 Å². The summed E-state index contributed by atoms with van der Waals surface area (Å²) in [5, 5.41) is 14.7. The van der Waals surface area contributed by atoms with Crippen molar-refractivity contribution < 1.29 is 0 Å². The van der Waals surface area contributed by atoms with Gasteiger partial charge in [0, 0.05) is 18.8 Å². The molecular formula is C13H14N6. The minimum absolute atomic E-state index is 0.437. The van der Waals surface area contributed by atoms with Gasteiger partial charge in [0.05, 0.1) is 12.5 Å². The molecule has 6 heteroatoms. The van der Waals surface area contributed by atoms with E-state index in [1.54, 1.807) is 12.3 Å². The summed E-state index contributed by atoms with van der Waals surface area (Å²) in [5.74, 6) is 2.75. The molecule has 2 aromatic heterocycles. The highest BCUT2D eigenvalue weighted by molar-refractivity contribution is 5.55. The molecule has 0 spiro atoms. The quantitative estimate of drug-likeness (QED) is 0.796. The molecule has 0 unspecified atom stereocenters. The van der Waals surface area contributed by atoms with Crippen LogP contribution < -0.4 is 10.6 Å². The monoisotopic (exact) mass is 254 g/mol. The van der Waals surface area contributed by atoms with Crippen molar-refractivity contribution in [2.75, 3.05) is 17.2 Å². The van der Waals surface area contributed by atoms with Gasteiger partial charge in [0.15, 0.2) is 0 Å². The molecule has 0 saturated carbocycles. The molecule has 0 aliphatic heterocycles. The predicted octanol–water partition coefficient (Wildman–Crippen LogP) is 2.25. The number of aromatic nitrogens is 3. The molecule has 0 bridgehead atoms. The smallest absolute Gasteiger partial charge is 0.137 e. The summed E-state index contributed by atoms with van der Waals surface area (Å²) in [6, 6.07) is 9.48. The Bertz CT molecular complexity index is 575. The van der Waals surface area contributed by atoms with E-state index in [-0.39, 0.29) is 0 Å². The van der Waals surface area contributed by atoms with Gasteiger partial charge in [0.1, 0.15) is 23.3 Å². The molecule has 96 valence electrons. The van der Waals surface area contributed by atoms with Gasteiger partial charge in [0.25, 0.3) is 0 Å². The van der Waals surface area contributed by atoms with Crippen molar-refractivity contribution in [1.82, 2.24) is 15.0 Å². The minimum Gasteiger partial charge on any atom is -0.369 e. The Kier molecular flexibility index (Phi) is 4.24. The van der Waals surface area contributed by atoms with Crippen molar-refractivity contribution >= 4 is 17.5 Å². The first kappa shape index (κ1) is 12.8. The Labute approximate surface area is 111 Å². The fraction of sp³-hybridized carbons (Fsp3) is 0.231. The summed E-state index contributed by atoms with van der Waals surface area (Å²) in [6.45, 7) is 2.38. The van der Waals surface area contributed by atoms with Crippen LogP contribution in [0, 0.1) is 18.3 Å². The lowest BCUT2D eigenvalue weighted by molar-refractivity contribution is 1.01. The van der Waals surface area contributed by atoms with E-state index in [1.807, 2.05) is 25.1 Å². The minimum atomic E-state index is 0.437. The summed E-state index contributed by atoms with van der Waals surface area (Å²) in [7, 11) is 0. The van der Waals surface area contributed by atoms with E-state index >= 15 is 0 Å². The Morgan fingerprint density at radius 1 is 1.21 bits per heavy atom. The van der Waals surface area contributed by atoms with Crippen LogP contribution in [0.4, 0.5) is 17.5 Å². The first-order chi connectivity index (χ1) is 9.28. The molecule has 19 heavy (non-hydrogen) atoms. The maximum Gasteiger partial charge on any atom is 0.137 e. The summed E-state index contributed by atoms with van der Waals surface area (Å²) in [5.41, 5.74) is 0. The second kappa shape index (κ2) is 6.31. The van der Waals surface area contributed by atoms with Crippen molar-refractivity contribution in [3.05, 3.63) is 36.3 Å². The van der Waals surface area contributed by atoms with E-state index < -0.39 is 0 Å². The van der Waals surface area contributed by atoms with Crippen LogP contribution in [0.15, 0.2) is 30.5 Å². The van der Waals surface area contributed by atoms with Crippen molar-refractivity contribution in [2.24, 2.45) is 0 Å². The van der Waals surface area contributed by atoms with Crippen molar-refractivity contribution in [3.63, 3.8) is 0 Å². The van der Waals surface area contributed by atoms with Gasteiger partial charge in [-0.1, -0.05) is 6.07 Å². The molecule has 2 N–H and O–H groups in total. The second-order valence-corrected chi connectivity index (χ2v) is 3.86. The lowest BCUT2D eigenvalue weighted by atomic mass is 10.4. The Balaban J connectivity index is 2.10. The molecule has 2 heterocycles. The lowest BCUT2D eigenvalue weighted by Gasteiger charge is -2.08. The van der Waals surface area contributed by atoms with Gasteiger partial charge in [-0.15, -0.1) is 0 Å². The first-order valence-corrected chi connectivity index (χ1v) is 5.92. The van der Waals surface area contributed by atoms with Crippen LogP contribution in [0.25, 0.3) is 0 Å². The van der Waals surface area contributed by atoms with Gasteiger partial charge in [-0.25, -0.2) is 15.0 Å². The fourth-order valence-electron chi connectivity index (χ4n) is 1.54. The number of hydrogen-bond acceptors (Lipinski definition) is 6. The standard InChI is InChI=1S/C13H14N6/c1-10-17-12(16-8-4-6-14)9-13(18-10)19-11-5-2-3-7-15-11/h2-3,5,7,9H,4,8H2,1H3,(H2,15,16,17,18,19). The molecule has 6 nitrogen and oxygen atoms in total. The number of nitriles is 1. The lowest BCUT2D eigenvalue weighted by Crippen LogP contribution is -2.06. The molecular weight excluding hydrogens is 240 g/mol. The largest absolute Gasteiger partial charge is 0.369 e. The van der Waals surface area contributed by atoms with Gasteiger partial charge in [-0.05, 0) is 19.1 Å². The summed E-state index contributed by atoms with van der Waals surface area (Å²) in [4.78, 5) is 12.7. The number of nitrogens with zero attached hydrogens (tertiary/aromatic N) is 4. The summed E-state index contributed by atoms with van der Waals surface area (Å²) < 4.78 is 0. The number of nitrogens with one attached hydrogen (secondary N) is 2. The van der Waals surface area contributed by atoms with Crippen molar-refractivity contribution in [1.29, 1.82) is 5.26 Å². The number of rotatable bonds is 5. The highest BCUT2D eigenvalue weighted by atomic mass is 15.1. The Morgan fingerprint density at radius 2 is 2.05 bits per heavy atom. The average Bonchev–Trinajstić information content (AvgIpc) is 2.39. The maximum absolute atomic E-state index is 8.50. The topological polar surface area (TPSA) is 86.5 Å². The van der Waals surface area contributed by atoms with Crippen molar-refractivity contribution in [2.45, 2.75) is 13.3 Å². The zero-order chi connectivity index (χ0) is 13.5. The van der Waals surface area contributed by atoms with Crippen LogP contribution >= 0.6 is 0 Å². The molecule has 0 amide bonds. The van der Waals surface area contributed by atoms with E-state index in [0.29, 0.717) is 30.4 Å².